The van der Waals surface area contributed by atoms with Crippen molar-refractivity contribution < 1.29 is 14.6 Å². The van der Waals surface area contributed by atoms with Crippen molar-refractivity contribution in [2.24, 2.45) is 0 Å². The minimum Gasteiger partial charge on any atom is -0.431 e. The summed E-state index contributed by atoms with van der Waals surface area (Å²) in [4.78, 5) is 9.61. The zero-order chi connectivity index (χ0) is 7.11. The van der Waals surface area contributed by atoms with E-state index in [4.69, 9.17) is 0 Å². The fourth-order valence-corrected chi connectivity index (χ4v) is 0.377. The largest absolute Gasteiger partial charge is 0.550 e. The van der Waals surface area contributed by atoms with E-state index in [1.54, 1.807) is 0 Å². The van der Waals surface area contributed by atoms with E-state index in [0.29, 0.717) is 6.42 Å². The van der Waals surface area contributed by atoms with Gasteiger partial charge < -0.3 is 4.74 Å². The van der Waals surface area contributed by atoms with Crippen molar-refractivity contribution in [1.82, 2.24) is 0 Å². The fourth-order valence-electron chi connectivity index (χ4n) is 0.377. The van der Waals surface area contributed by atoms with Crippen LogP contribution >= 0.6 is 0 Å². The lowest BCUT2D eigenvalue weighted by molar-refractivity contribution is 0.0692. The van der Waals surface area contributed by atoms with Crippen LogP contribution in [0.5, 0.6) is 0 Å². The van der Waals surface area contributed by atoms with Crippen LogP contribution in [0, 0.1) is 0 Å². The van der Waals surface area contributed by atoms with E-state index in [1.807, 2.05) is 19.1 Å². The molecule has 0 saturated carbocycles. The molecule has 3 nitrogen and oxygen atoms in total. The monoisotopic (exact) mass is 129 g/mol. The van der Waals surface area contributed by atoms with Crippen molar-refractivity contribution in [3.63, 3.8) is 0 Å². The van der Waals surface area contributed by atoms with Gasteiger partial charge in [0.15, 0.2) is 0 Å². The number of rotatable bonds is 3. The fraction of sp³-hybridized carbons (Fsp3) is 0.500. The Bertz CT molecular complexity index is 107. The summed E-state index contributed by atoms with van der Waals surface area (Å²) in [6.45, 7) is 2.05. The van der Waals surface area contributed by atoms with Crippen molar-refractivity contribution in [2.45, 2.75) is 13.3 Å². The first-order valence-corrected chi connectivity index (χ1v) is 2.72. The first kappa shape index (κ1) is 8.01. The normalized spacial score (nSPS) is 9.89. The molecule has 0 rings (SSSR count). The summed E-state index contributed by atoms with van der Waals surface area (Å²) in [6.07, 6.45) is 2.81. The number of hydrogen-bond donors (Lipinski definition) is 0. The molecule has 0 saturated heterocycles. The van der Waals surface area contributed by atoms with Gasteiger partial charge in [0, 0.05) is 0 Å². The second-order valence-electron chi connectivity index (χ2n) is 1.46. The van der Waals surface area contributed by atoms with Crippen LogP contribution in [-0.4, -0.2) is 12.8 Å². The number of ether oxygens (including phenoxy) is 1. The zero-order valence-corrected chi connectivity index (χ0v) is 5.29. The Morgan fingerprint density at radius 3 is 2.78 bits per heavy atom. The van der Waals surface area contributed by atoms with E-state index in [9.17, 15) is 9.90 Å². The van der Waals surface area contributed by atoms with Crippen LogP contribution < -0.4 is 0 Å². The molecule has 0 N–H and O–H groups in total. The highest BCUT2D eigenvalue weighted by molar-refractivity contribution is 5.56. The molecule has 3 heteroatoms. The molecule has 0 aliphatic heterocycles. The molecule has 51 valence electrons. The van der Waals surface area contributed by atoms with Gasteiger partial charge in [-0.05, 0) is 13.3 Å². The van der Waals surface area contributed by atoms with Crippen LogP contribution in [0.2, 0.25) is 0 Å². The number of carbonyl (C=O) groups is 1. The summed E-state index contributed by atoms with van der Waals surface area (Å²) in [5, 5.41) is 9.61. The molecular formula is C6H9O3. The zero-order valence-electron chi connectivity index (χ0n) is 5.29. The third-order valence-electron chi connectivity index (χ3n) is 0.740. The van der Waals surface area contributed by atoms with Crippen LogP contribution in [0.3, 0.4) is 0 Å². The van der Waals surface area contributed by atoms with E-state index in [2.05, 4.69) is 4.74 Å². The standard InChI is InChI=1S/C6H9O3/c1-2-3-4-5-9-6(7)8/h2-3H,4-5H2,1H3/b3-2+. The molecule has 0 spiro atoms. The molecule has 0 aromatic heterocycles. The summed E-state index contributed by atoms with van der Waals surface area (Å²) in [6, 6.07) is 0. The molecule has 0 aliphatic rings. The van der Waals surface area contributed by atoms with Crippen molar-refractivity contribution in [1.29, 1.82) is 0 Å². The molecule has 0 heterocycles. The highest BCUT2D eigenvalue weighted by Gasteiger charge is 1.94. The number of carbonyl (C=O) groups excluding carboxylic acids is 1. The molecule has 0 atom stereocenters. The predicted molar refractivity (Wildman–Crippen MR) is 31.5 cm³/mol. The van der Waals surface area contributed by atoms with Gasteiger partial charge in [-0.15, -0.1) is 0 Å². The second kappa shape index (κ2) is 5.15. The lowest BCUT2D eigenvalue weighted by Gasteiger charge is -1.91. The van der Waals surface area contributed by atoms with Gasteiger partial charge in [0.25, 0.3) is 0 Å². The van der Waals surface area contributed by atoms with Crippen molar-refractivity contribution in [3.8, 4) is 0 Å². The smallest absolute Gasteiger partial charge is 0.431 e. The first-order valence-electron chi connectivity index (χ1n) is 2.72. The quantitative estimate of drug-likeness (QED) is 0.329. The Balaban J connectivity index is 3.01. The maximum Gasteiger partial charge on any atom is 0.550 e. The van der Waals surface area contributed by atoms with Gasteiger partial charge in [0.1, 0.15) is 0 Å². The van der Waals surface area contributed by atoms with Crippen LogP contribution in [0.1, 0.15) is 13.3 Å². The van der Waals surface area contributed by atoms with Gasteiger partial charge >= 0.3 is 6.16 Å². The summed E-state index contributed by atoms with van der Waals surface area (Å²) in [5.41, 5.74) is 0. The maximum absolute atomic E-state index is 9.61. The highest BCUT2D eigenvalue weighted by Crippen LogP contribution is 1.84. The van der Waals surface area contributed by atoms with Crippen molar-refractivity contribution in [3.05, 3.63) is 12.2 Å². The van der Waals surface area contributed by atoms with Gasteiger partial charge in [-0.1, -0.05) is 12.2 Å². The van der Waals surface area contributed by atoms with Crippen LogP contribution in [-0.2, 0) is 9.84 Å². The predicted octanol–water partition coefficient (Wildman–Crippen LogP) is 1.52. The second-order valence-corrected chi connectivity index (χ2v) is 1.46. The summed E-state index contributed by atoms with van der Waals surface area (Å²) in [7, 11) is 0. The SMILES string of the molecule is C/C=C/CCOC([O])=O. The third kappa shape index (κ3) is 7.01. The molecule has 0 aromatic rings. The number of hydrogen-bond acceptors (Lipinski definition) is 2. The topological polar surface area (TPSA) is 46.2 Å². The average Bonchev–Trinajstić information content (AvgIpc) is 1.80. The van der Waals surface area contributed by atoms with E-state index in [0.717, 1.165) is 0 Å². The summed E-state index contributed by atoms with van der Waals surface area (Å²) < 4.78 is 4.10. The molecule has 0 fully saturated rings. The van der Waals surface area contributed by atoms with E-state index < -0.39 is 6.16 Å². The first-order chi connectivity index (χ1) is 4.27. The molecular weight excluding hydrogens is 120 g/mol. The van der Waals surface area contributed by atoms with E-state index >= 15 is 0 Å². The van der Waals surface area contributed by atoms with Crippen LogP contribution in [0.4, 0.5) is 4.79 Å². The van der Waals surface area contributed by atoms with Gasteiger partial charge in [-0.25, -0.2) is 0 Å². The third-order valence-corrected chi connectivity index (χ3v) is 0.740. The van der Waals surface area contributed by atoms with Crippen molar-refractivity contribution in [2.75, 3.05) is 6.61 Å². The minimum atomic E-state index is -1.46. The Kier molecular flexibility index (Phi) is 4.59. The van der Waals surface area contributed by atoms with E-state index in [1.165, 1.54) is 0 Å². The van der Waals surface area contributed by atoms with Gasteiger partial charge in [-0.3, -0.25) is 0 Å². The molecule has 1 radical (unpaired) electrons. The molecule has 0 amide bonds. The van der Waals surface area contributed by atoms with Gasteiger partial charge in [0.2, 0.25) is 0 Å². The minimum absolute atomic E-state index is 0.187. The Morgan fingerprint density at radius 1 is 1.67 bits per heavy atom. The average molecular weight is 129 g/mol. The van der Waals surface area contributed by atoms with Gasteiger partial charge in [-0.2, -0.15) is 9.90 Å². The van der Waals surface area contributed by atoms with E-state index in [-0.39, 0.29) is 6.61 Å². The Hall–Kier alpha value is -0.990. The molecule has 0 bridgehead atoms. The van der Waals surface area contributed by atoms with Crippen LogP contribution in [0.15, 0.2) is 12.2 Å². The lowest BCUT2D eigenvalue weighted by atomic mass is 10.4. The molecule has 0 aliphatic carbocycles. The Morgan fingerprint density at radius 2 is 2.33 bits per heavy atom. The summed E-state index contributed by atoms with van der Waals surface area (Å²) in [5.74, 6) is 0. The maximum atomic E-state index is 9.61. The number of allylic oxidation sites excluding steroid dienone is 1. The van der Waals surface area contributed by atoms with Gasteiger partial charge in [0.05, 0.1) is 6.61 Å². The lowest BCUT2D eigenvalue weighted by Crippen LogP contribution is -1.98. The van der Waals surface area contributed by atoms with Crippen LogP contribution in [0.25, 0.3) is 0 Å². The summed E-state index contributed by atoms with van der Waals surface area (Å²) >= 11 is 0. The Labute approximate surface area is 53.9 Å². The molecule has 0 aromatic carbocycles. The highest BCUT2D eigenvalue weighted by atomic mass is 16.7. The molecule has 0 unspecified atom stereocenters. The van der Waals surface area contributed by atoms with Crippen molar-refractivity contribution >= 4 is 6.16 Å². The molecule has 9 heavy (non-hydrogen) atoms.